The second kappa shape index (κ2) is 5.72. The smallest absolute Gasteiger partial charge is 0.279 e. The van der Waals surface area contributed by atoms with Crippen molar-refractivity contribution < 1.29 is 14.3 Å². The van der Waals surface area contributed by atoms with Gasteiger partial charge in [0.1, 0.15) is 0 Å². The van der Waals surface area contributed by atoms with E-state index in [1.165, 1.54) is 6.92 Å². The molecular formula is C17H17N3O3. The van der Waals surface area contributed by atoms with Crippen molar-refractivity contribution in [2.45, 2.75) is 26.0 Å². The van der Waals surface area contributed by atoms with E-state index < -0.39 is 17.4 Å². The van der Waals surface area contributed by atoms with Gasteiger partial charge < -0.3 is 15.4 Å². The first kappa shape index (κ1) is 15.0. The molecule has 0 bridgehead atoms. The summed E-state index contributed by atoms with van der Waals surface area (Å²) >= 11 is 0. The van der Waals surface area contributed by atoms with Crippen LogP contribution >= 0.6 is 0 Å². The van der Waals surface area contributed by atoms with Crippen LogP contribution in [0.3, 0.4) is 0 Å². The number of ether oxygens (including phenoxy) is 1. The van der Waals surface area contributed by atoms with Gasteiger partial charge in [-0.05, 0) is 37.1 Å². The predicted octanol–water partition coefficient (Wildman–Crippen LogP) is 1.80. The van der Waals surface area contributed by atoms with Crippen molar-refractivity contribution in [1.29, 1.82) is 0 Å². The summed E-state index contributed by atoms with van der Waals surface area (Å²) in [6, 6.07) is 11.1. The Hall–Kier alpha value is -2.89. The molecule has 23 heavy (non-hydrogen) atoms. The van der Waals surface area contributed by atoms with Crippen LogP contribution in [0.15, 0.2) is 42.6 Å². The minimum absolute atomic E-state index is 0.321. The molecule has 1 atom stereocenters. The van der Waals surface area contributed by atoms with Crippen molar-refractivity contribution in [1.82, 2.24) is 10.3 Å². The average molecular weight is 311 g/mol. The fourth-order valence-electron chi connectivity index (χ4n) is 2.36. The van der Waals surface area contributed by atoms with Crippen LogP contribution in [0.25, 0.3) is 0 Å². The van der Waals surface area contributed by atoms with Crippen molar-refractivity contribution in [3.05, 3.63) is 53.7 Å². The number of anilines is 1. The van der Waals surface area contributed by atoms with Crippen LogP contribution < -0.4 is 15.4 Å². The molecule has 1 aromatic carbocycles. The molecule has 0 radical (unpaired) electrons. The second-order valence-corrected chi connectivity index (χ2v) is 5.55. The summed E-state index contributed by atoms with van der Waals surface area (Å²) in [5.74, 6) is -0.332. The Morgan fingerprint density at radius 1 is 1.30 bits per heavy atom. The Morgan fingerprint density at radius 3 is 2.87 bits per heavy atom. The number of carbonyl (C=O) groups excluding carboxylic acids is 2. The molecular weight excluding hydrogens is 294 g/mol. The van der Waals surface area contributed by atoms with Gasteiger partial charge >= 0.3 is 0 Å². The van der Waals surface area contributed by atoms with Crippen molar-refractivity contribution >= 4 is 17.6 Å². The maximum absolute atomic E-state index is 12.5. The number of amides is 2. The number of nitrogens with zero attached hydrogens (tertiary/aromatic N) is 1. The molecule has 0 unspecified atom stereocenters. The van der Waals surface area contributed by atoms with E-state index in [1.54, 1.807) is 18.3 Å². The highest BCUT2D eigenvalue weighted by Crippen LogP contribution is 2.31. The predicted molar refractivity (Wildman–Crippen MR) is 84.9 cm³/mol. The summed E-state index contributed by atoms with van der Waals surface area (Å²) in [5, 5.41) is 5.37. The zero-order chi connectivity index (χ0) is 16.4. The van der Waals surface area contributed by atoms with Gasteiger partial charge in [-0.15, -0.1) is 0 Å². The van der Waals surface area contributed by atoms with Crippen molar-refractivity contribution in [2.75, 3.05) is 5.32 Å². The molecule has 6 heteroatoms. The van der Waals surface area contributed by atoms with Crippen LogP contribution in [0, 0.1) is 6.92 Å². The van der Waals surface area contributed by atoms with E-state index in [0.717, 1.165) is 11.1 Å². The number of hydrogen-bond donors (Lipinski definition) is 2. The van der Waals surface area contributed by atoms with Crippen molar-refractivity contribution in [3.8, 4) is 5.75 Å². The van der Waals surface area contributed by atoms with Gasteiger partial charge in [-0.2, -0.15) is 0 Å². The lowest BCUT2D eigenvalue weighted by Crippen LogP contribution is -2.58. The van der Waals surface area contributed by atoms with Gasteiger partial charge in [0.05, 0.1) is 0 Å². The zero-order valence-corrected chi connectivity index (χ0v) is 12.9. The molecule has 2 aromatic rings. The molecule has 2 amide bonds. The second-order valence-electron chi connectivity index (χ2n) is 5.55. The third kappa shape index (κ3) is 2.75. The maximum atomic E-state index is 12.5. The summed E-state index contributed by atoms with van der Waals surface area (Å²) in [4.78, 5) is 28.8. The molecule has 1 aliphatic rings. The SMILES string of the molecule is Cc1ccccc1CNC(=O)[C@@]1(C)Oc2cccnc2NC1=O. The van der Waals surface area contributed by atoms with Gasteiger partial charge in [-0.3, -0.25) is 9.59 Å². The minimum atomic E-state index is -1.63. The number of benzene rings is 1. The molecule has 0 spiro atoms. The van der Waals surface area contributed by atoms with E-state index in [9.17, 15) is 9.59 Å². The van der Waals surface area contributed by atoms with Crippen LogP contribution in [0.5, 0.6) is 5.75 Å². The molecule has 0 saturated heterocycles. The monoisotopic (exact) mass is 311 g/mol. The number of rotatable bonds is 3. The minimum Gasteiger partial charge on any atom is -0.464 e. The molecule has 1 aliphatic heterocycles. The first-order valence-electron chi connectivity index (χ1n) is 7.29. The van der Waals surface area contributed by atoms with Gasteiger partial charge in [0, 0.05) is 12.7 Å². The molecule has 0 aliphatic carbocycles. The molecule has 2 N–H and O–H groups in total. The number of hydrogen-bond acceptors (Lipinski definition) is 4. The first-order valence-corrected chi connectivity index (χ1v) is 7.29. The topological polar surface area (TPSA) is 80.3 Å². The largest absolute Gasteiger partial charge is 0.464 e. The number of nitrogens with one attached hydrogen (secondary N) is 2. The van der Waals surface area contributed by atoms with Gasteiger partial charge in [0.2, 0.25) is 0 Å². The highest BCUT2D eigenvalue weighted by atomic mass is 16.5. The number of pyridine rings is 1. The summed E-state index contributed by atoms with van der Waals surface area (Å²) in [5.41, 5.74) is 0.433. The molecule has 0 saturated carbocycles. The van der Waals surface area contributed by atoms with E-state index in [-0.39, 0.29) is 0 Å². The van der Waals surface area contributed by atoms with Crippen molar-refractivity contribution in [3.63, 3.8) is 0 Å². The summed E-state index contributed by atoms with van der Waals surface area (Å²) in [6.07, 6.45) is 1.55. The van der Waals surface area contributed by atoms with Crippen LogP contribution in [0.2, 0.25) is 0 Å². The van der Waals surface area contributed by atoms with E-state index in [1.807, 2.05) is 31.2 Å². The van der Waals surface area contributed by atoms with Crippen LogP contribution in [0.4, 0.5) is 5.82 Å². The summed E-state index contributed by atoms with van der Waals surface area (Å²) < 4.78 is 5.63. The first-order chi connectivity index (χ1) is 11.0. The average Bonchev–Trinajstić information content (AvgIpc) is 2.55. The van der Waals surface area contributed by atoms with Crippen LogP contribution in [-0.2, 0) is 16.1 Å². The summed E-state index contributed by atoms with van der Waals surface area (Å²) in [6.45, 7) is 3.75. The Bertz CT molecular complexity index is 775. The van der Waals surface area contributed by atoms with E-state index in [2.05, 4.69) is 15.6 Å². The number of aryl methyl sites for hydroxylation is 1. The highest BCUT2D eigenvalue weighted by Gasteiger charge is 2.47. The Kier molecular flexibility index (Phi) is 3.73. The lowest BCUT2D eigenvalue weighted by molar-refractivity contribution is -0.146. The molecule has 1 aromatic heterocycles. The Morgan fingerprint density at radius 2 is 2.09 bits per heavy atom. The summed E-state index contributed by atoms with van der Waals surface area (Å²) in [7, 11) is 0. The van der Waals surface area contributed by atoms with E-state index in [0.29, 0.717) is 18.1 Å². The van der Waals surface area contributed by atoms with Gasteiger partial charge in [-0.25, -0.2) is 4.98 Å². The van der Waals surface area contributed by atoms with Gasteiger partial charge in [0.25, 0.3) is 17.4 Å². The van der Waals surface area contributed by atoms with E-state index >= 15 is 0 Å². The molecule has 0 fully saturated rings. The normalized spacial score (nSPS) is 19.3. The standard InChI is InChI=1S/C17H17N3O3/c1-11-6-3-4-7-12(11)10-19-15(21)17(2)16(22)20-14-13(23-17)8-5-9-18-14/h3-9H,10H2,1-2H3,(H,19,21)(H,18,20,22)/t17-/m1/s1. The number of aromatic nitrogens is 1. The third-order valence-corrected chi connectivity index (χ3v) is 3.88. The van der Waals surface area contributed by atoms with Crippen LogP contribution in [-0.4, -0.2) is 22.4 Å². The lowest BCUT2D eigenvalue weighted by Gasteiger charge is -2.32. The van der Waals surface area contributed by atoms with E-state index in [4.69, 9.17) is 4.74 Å². The molecule has 3 rings (SSSR count). The highest BCUT2D eigenvalue weighted by molar-refractivity contribution is 6.15. The van der Waals surface area contributed by atoms with Gasteiger partial charge in [0.15, 0.2) is 11.6 Å². The fourth-order valence-corrected chi connectivity index (χ4v) is 2.36. The zero-order valence-electron chi connectivity index (χ0n) is 12.9. The molecule has 118 valence electrons. The van der Waals surface area contributed by atoms with Gasteiger partial charge in [-0.1, -0.05) is 24.3 Å². The molecule has 6 nitrogen and oxygen atoms in total. The molecule has 2 heterocycles. The third-order valence-electron chi connectivity index (χ3n) is 3.88. The quantitative estimate of drug-likeness (QED) is 0.847. The Balaban J connectivity index is 1.76. The fraction of sp³-hybridized carbons (Fsp3) is 0.235. The maximum Gasteiger partial charge on any atom is 0.279 e. The van der Waals surface area contributed by atoms with Crippen LogP contribution in [0.1, 0.15) is 18.1 Å². The number of fused-ring (bicyclic) bond motifs is 1. The number of carbonyl (C=O) groups is 2. The lowest BCUT2D eigenvalue weighted by atomic mass is 10.0. The van der Waals surface area contributed by atoms with Crippen molar-refractivity contribution in [2.24, 2.45) is 0 Å². The Labute approximate surface area is 133 Å².